The molecule has 0 unspecified atom stereocenters. The molecule has 0 spiro atoms. The number of anilines is 2. The summed E-state index contributed by atoms with van der Waals surface area (Å²) in [5, 5.41) is 20.0. The molecule has 0 bridgehead atoms. The van der Waals surface area contributed by atoms with Crippen molar-refractivity contribution in [3.05, 3.63) is 84.0 Å². The minimum atomic E-state index is 0.384. The van der Waals surface area contributed by atoms with Crippen molar-refractivity contribution in [3.63, 3.8) is 0 Å². The Morgan fingerprint density at radius 1 is 0.548 bits per heavy atom. The first-order chi connectivity index (χ1) is 15.2. The largest absolute Gasteiger partial charge is 0.306 e. The monoisotopic (exact) mass is 430 g/mol. The number of aromatic nitrogens is 4. The Hall–Kier alpha value is -3.85. The highest BCUT2D eigenvalue weighted by Gasteiger charge is 2.09. The van der Waals surface area contributed by atoms with Crippen LogP contribution in [0.1, 0.15) is 0 Å². The summed E-state index contributed by atoms with van der Waals surface area (Å²) >= 11 is 5.84. The molecule has 0 amide bonds. The summed E-state index contributed by atoms with van der Waals surface area (Å²) in [5.41, 5.74) is 6.95. The van der Waals surface area contributed by atoms with Gasteiger partial charge in [-0.05, 0) is 0 Å². The lowest BCUT2D eigenvalue weighted by atomic mass is 10.0. The minimum absolute atomic E-state index is 0.384. The summed E-state index contributed by atoms with van der Waals surface area (Å²) in [7, 11) is 0. The van der Waals surface area contributed by atoms with Gasteiger partial charge in [0.15, 0.2) is 16.8 Å². The van der Waals surface area contributed by atoms with Crippen molar-refractivity contribution in [2.45, 2.75) is 0 Å². The van der Waals surface area contributed by atoms with E-state index in [1.54, 1.807) is 0 Å². The molecule has 0 aliphatic rings. The fraction of sp³-hybridized carbons (Fsp3) is 0. The third-order valence-corrected chi connectivity index (χ3v) is 4.93. The number of nitrogens with two attached hydrogens (primary N) is 2. The van der Waals surface area contributed by atoms with E-state index >= 15 is 0 Å². The SMILES string of the molecule is NNc1nnc(-c2ccccc2)c2ccccc12.NNc1nnc(Cl)c2ccccc12. The quantitative estimate of drug-likeness (QED) is 0.248. The van der Waals surface area contributed by atoms with Gasteiger partial charge in [0.25, 0.3) is 0 Å². The molecule has 0 radical (unpaired) electrons. The van der Waals surface area contributed by atoms with Gasteiger partial charge >= 0.3 is 0 Å². The first kappa shape index (κ1) is 20.4. The van der Waals surface area contributed by atoms with Crippen LogP contribution >= 0.6 is 11.6 Å². The van der Waals surface area contributed by atoms with E-state index in [1.165, 1.54) is 0 Å². The van der Waals surface area contributed by atoms with Gasteiger partial charge in [-0.3, -0.25) is 0 Å². The van der Waals surface area contributed by atoms with Gasteiger partial charge in [-0.15, -0.1) is 20.4 Å². The molecule has 3 aromatic carbocycles. The fourth-order valence-corrected chi connectivity index (χ4v) is 3.40. The number of rotatable bonds is 3. The maximum Gasteiger partial charge on any atom is 0.170 e. The molecular formula is C22H19ClN8. The number of halogens is 1. The average Bonchev–Trinajstić information content (AvgIpc) is 2.85. The summed E-state index contributed by atoms with van der Waals surface area (Å²) in [4.78, 5) is 0. The fourth-order valence-electron chi connectivity index (χ4n) is 3.20. The zero-order valence-electron chi connectivity index (χ0n) is 16.3. The molecule has 0 saturated heterocycles. The predicted octanol–water partition coefficient (Wildman–Crippen LogP) is 4.15. The van der Waals surface area contributed by atoms with Crippen molar-refractivity contribution in [1.82, 2.24) is 20.4 Å². The van der Waals surface area contributed by atoms with Crippen LogP contribution in [0.2, 0.25) is 5.15 Å². The van der Waals surface area contributed by atoms with Crippen LogP contribution in [0.25, 0.3) is 32.8 Å². The van der Waals surface area contributed by atoms with Crippen LogP contribution < -0.4 is 22.5 Å². The molecule has 8 nitrogen and oxygen atoms in total. The highest BCUT2D eigenvalue weighted by atomic mass is 35.5. The predicted molar refractivity (Wildman–Crippen MR) is 125 cm³/mol. The van der Waals surface area contributed by atoms with E-state index in [4.69, 9.17) is 23.3 Å². The smallest absolute Gasteiger partial charge is 0.170 e. The third-order valence-electron chi connectivity index (χ3n) is 4.65. The number of hydrazine groups is 2. The number of hydrogen-bond acceptors (Lipinski definition) is 8. The van der Waals surface area contributed by atoms with E-state index in [2.05, 4.69) is 31.2 Å². The molecule has 2 heterocycles. The Morgan fingerprint density at radius 2 is 1.03 bits per heavy atom. The first-order valence-corrected chi connectivity index (χ1v) is 9.75. The lowest BCUT2D eigenvalue weighted by molar-refractivity contribution is 1.04. The van der Waals surface area contributed by atoms with Crippen LogP contribution in [0.4, 0.5) is 11.6 Å². The van der Waals surface area contributed by atoms with Crippen LogP contribution in [0.5, 0.6) is 0 Å². The minimum Gasteiger partial charge on any atom is -0.306 e. The Labute approximate surface area is 183 Å². The lowest BCUT2D eigenvalue weighted by Crippen LogP contribution is -2.10. The molecule has 9 heteroatoms. The molecule has 6 N–H and O–H groups in total. The zero-order valence-corrected chi connectivity index (χ0v) is 17.1. The molecule has 154 valence electrons. The number of nitrogens with one attached hydrogen (secondary N) is 2. The summed E-state index contributed by atoms with van der Waals surface area (Å²) in [6, 6.07) is 25.5. The second-order valence-electron chi connectivity index (χ2n) is 6.48. The maximum absolute atomic E-state index is 5.84. The molecule has 2 aromatic heterocycles. The number of benzene rings is 3. The van der Waals surface area contributed by atoms with Gasteiger partial charge in [-0.1, -0.05) is 90.5 Å². The van der Waals surface area contributed by atoms with Crippen LogP contribution in [-0.4, -0.2) is 20.4 Å². The highest BCUT2D eigenvalue weighted by Crippen LogP contribution is 2.29. The summed E-state index contributed by atoms with van der Waals surface area (Å²) in [6.45, 7) is 0. The molecule has 5 aromatic rings. The number of nitrogens with zero attached hydrogens (tertiary/aromatic N) is 4. The first-order valence-electron chi connectivity index (χ1n) is 9.38. The molecule has 5 rings (SSSR count). The Kier molecular flexibility index (Phi) is 6.13. The van der Waals surface area contributed by atoms with Crippen molar-refractivity contribution in [2.24, 2.45) is 11.7 Å². The molecule has 0 saturated carbocycles. The standard InChI is InChI=1S/C14H12N4.C8H7ClN4/c15-16-14-12-9-5-4-8-11(12)13(17-18-14)10-6-2-1-3-7-10;9-7-5-3-1-2-4-6(5)8(11-10)13-12-7/h1-9H,15H2,(H,16,18);1-4H,10H2,(H,11,13). The number of fused-ring (bicyclic) bond motifs is 2. The van der Waals surface area contributed by atoms with Gasteiger partial charge in [0, 0.05) is 27.1 Å². The van der Waals surface area contributed by atoms with Crippen molar-refractivity contribution in [2.75, 3.05) is 10.9 Å². The van der Waals surface area contributed by atoms with Crippen molar-refractivity contribution >= 4 is 44.8 Å². The number of nitrogen functional groups attached to an aromatic ring is 2. The molecular weight excluding hydrogens is 412 g/mol. The number of hydrogen-bond donors (Lipinski definition) is 4. The summed E-state index contributed by atoms with van der Waals surface area (Å²) < 4.78 is 0. The van der Waals surface area contributed by atoms with Crippen molar-refractivity contribution in [3.8, 4) is 11.3 Å². The van der Waals surface area contributed by atoms with E-state index in [0.29, 0.717) is 16.8 Å². The summed E-state index contributed by atoms with van der Waals surface area (Å²) in [6.07, 6.45) is 0. The van der Waals surface area contributed by atoms with Gasteiger partial charge in [0.05, 0.1) is 0 Å². The maximum atomic E-state index is 5.84. The van der Waals surface area contributed by atoms with E-state index in [1.807, 2.05) is 78.9 Å². The van der Waals surface area contributed by atoms with Crippen LogP contribution in [0, 0.1) is 0 Å². The molecule has 0 aliphatic heterocycles. The van der Waals surface area contributed by atoms with Crippen LogP contribution in [-0.2, 0) is 0 Å². The topological polar surface area (TPSA) is 128 Å². The second-order valence-corrected chi connectivity index (χ2v) is 6.84. The normalized spacial score (nSPS) is 10.4. The van der Waals surface area contributed by atoms with Gasteiger partial charge in [0.1, 0.15) is 5.69 Å². The van der Waals surface area contributed by atoms with Crippen molar-refractivity contribution in [1.29, 1.82) is 0 Å². The van der Waals surface area contributed by atoms with E-state index < -0.39 is 0 Å². The average molecular weight is 431 g/mol. The van der Waals surface area contributed by atoms with Gasteiger partial charge < -0.3 is 10.9 Å². The molecule has 0 fully saturated rings. The molecule has 0 atom stereocenters. The zero-order chi connectivity index (χ0) is 21.6. The van der Waals surface area contributed by atoms with Crippen molar-refractivity contribution < 1.29 is 0 Å². The molecule has 31 heavy (non-hydrogen) atoms. The van der Waals surface area contributed by atoms with Gasteiger partial charge in [-0.25, -0.2) is 11.7 Å². The van der Waals surface area contributed by atoms with Gasteiger partial charge in [0.2, 0.25) is 0 Å². The summed E-state index contributed by atoms with van der Waals surface area (Å²) in [5.74, 6) is 11.8. The second kappa shape index (κ2) is 9.31. The van der Waals surface area contributed by atoms with Crippen LogP contribution in [0.3, 0.4) is 0 Å². The Bertz CT molecular complexity index is 1330. The van der Waals surface area contributed by atoms with Crippen LogP contribution in [0.15, 0.2) is 78.9 Å². The highest BCUT2D eigenvalue weighted by molar-refractivity contribution is 6.34. The lowest BCUT2D eigenvalue weighted by Gasteiger charge is -2.08. The van der Waals surface area contributed by atoms with E-state index in [0.717, 1.165) is 32.8 Å². The third kappa shape index (κ3) is 4.22. The van der Waals surface area contributed by atoms with E-state index in [9.17, 15) is 0 Å². The molecule has 0 aliphatic carbocycles. The van der Waals surface area contributed by atoms with E-state index in [-0.39, 0.29) is 0 Å². The Morgan fingerprint density at radius 3 is 1.65 bits per heavy atom. The van der Waals surface area contributed by atoms with Gasteiger partial charge in [-0.2, -0.15) is 0 Å². The Balaban J connectivity index is 0.000000158.